The lowest BCUT2D eigenvalue weighted by atomic mass is 10.1. The summed E-state index contributed by atoms with van der Waals surface area (Å²) in [6, 6.07) is 5.37. The van der Waals surface area contributed by atoms with Crippen LogP contribution < -0.4 is 5.73 Å². The number of hydrogen-bond acceptors (Lipinski definition) is 3. The van der Waals surface area contributed by atoms with E-state index in [1.54, 1.807) is 6.20 Å². The number of aromatic nitrogens is 2. The van der Waals surface area contributed by atoms with Crippen LogP contribution in [0, 0.1) is 6.92 Å². The predicted octanol–water partition coefficient (Wildman–Crippen LogP) is 3.70. The average molecular weight is 296 g/mol. The Morgan fingerprint density at radius 3 is 2.42 bits per heavy atom. The largest absolute Gasteiger partial charge is 0.324 e. The molecule has 0 amide bonds. The highest BCUT2D eigenvalue weighted by molar-refractivity contribution is 6.36. The normalized spacial score (nSPS) is 12.5. The van der Waals surface area contributed by atoms with Gasteiger partial charge in [0.1, 0.15) is 5.82 Å². The summed E-state index contributed by atoms with van der Waals surface area (Å²) in [5.41, 5.74) is 8.53. The molecule has 0 aliphatic carbocycles. The quantitative estimate of drug-likeness (QED) is 0.939. The summed E-state index contributed by atoms with van der Waals surface area (Å²) in [5, 5.41) is 1.26. The fraction of sp³-hybridized carbons (Fsp3) is 0.286. The summed E-state index contributed by atoms with van der Waals surface area (Å²) < 4.78 is 0. The highest BCUT2D eigenvalue weighted by Crippen LogP contribution is 2.26. The van der Waals surface area contributed by atoms with E-state index in [1.165, 1.54) is 0 Å². The number of nitrogens with zero attached hydrogens (tertiary/aromatic N) is 2. The van der Waals surface area contributed by atoms with Crippen molar-refractivity contribution < 1.29 is 0 Å². The summed E-state index contributed by atoms with van der Waals surface area (Å²) in [6.07, 6.45) is 2.28. The monoisotopic (exact) mass is 295 g/mol. The molecule has 0 radical (unpaired) electrons. The van der Waals surface area contributed by atoms with Gasteiger partial charge in [-0.25, -0.2) is 9.97 Å². The van der Waals surface area contributed by atoms with Crippen LogP contribution >= 0.6 is 23.2 Å². The minimum atomic E-state index is -0.0713. The molecule has 2 aromatic rings. The average Bonchev–Trinajstić information content (AvgIpc) is 2.33. The van der Waals surface area contributed by atoms with Crippen LogP contribution in [0.3, 0.4) is 0 Å². The van der Waals surface area contributed by atoms with Crippen molar-refractivity contribution in [2.24, 2.45) is 5.73 Å². The van der Waals surface area contributed by atoms with E-state index >= 15 is 0 Å². The summed E-state index contributed by atoms with van der Waals surface area (Å²) in [6.45, 7) is 3.84. The second kappa shape index (κ2) is 5.87. The van der Waals surface area contributed by atoms with Crippen LogP contribution in [0.1, 0.15) is 35.6 Å². The maximum atomic E-state index is 6.14. The highest BCUT2D eigenvalue weighted by atomic mass is 35.5. The van der Waals surface area contributed by atoms with E-state index in [2.05, 4.69) is 9.97 Å². The van der Waals surface area contributed by atoms with E-state index in [4.69, 9.17) is 28.9 Å². The SMILES string of the molecule is Cc1nc(Cc2c(Cl)cccc2Cl)ncc1[C@@H](C)N. The van der Waals surface area contributed by atoms with Gasteiger partial charge in [-0.05, 0) is 31.5 Å². The van der Waals surface area contributed by atoms with Crippen molar-refractivity contribution in [1.29, 1.82) is 0 Å². The van der Waals surface area contributed by atoms with Gasteiger partial charge >= 0.3 is 0 Å². The third kappa shape index (κ3) is 3.24. The Bertz CT molecular complexity index is 577. The standard InChI is InChI=1S/C14H15Cl2N3/c1-8(17)11-7-18-14(19-9(11)2)6-10-12(15)4-3-5-13(10)16/h3-5,7-8H,6,17H2,1-2H3/t8-/m1/s1. The number of benzene rings is 1. The molecule has 0 spiro atoms. The molecule has 1 atom stereocenters. The first kappa shape index (κ1) is 14.3. The Morgan fingerprint density at radius 1 is 1.26 bits per heavy atom. The van der Waals surface area contributed by atoms with Gasteiger partial charge in [0.2, 0.25) is 0 Å². The van der Waals surface area contributed by atoms with Crippen LogP contribution in [0.5, 0.6) is 0 Å². The molecule has 3 nitrogen and oxygen atoms in total. The van der Waals surface area contributed by atoms with E-state index in [0.717, 1.165) is 16.8 Å². The first-order chi connectivity index (χ1) is 8.99. The molecule has 0 unspecified atom stereocenters. The van der Waals surface area contributed by atoms with E-state index in [0.29, 0.717) is 22.3 Å². The third-order valence-electron chi connectivity index (χ3n) is 2.95. The van der Waals surface area contributed by atoms with Gasteiger partial charge in [0.15, 0.2) is 0 Å². The third-order valence-corrected chi connectivity index (χ3v) is 3.66. The molecule has 1 aromatic carbocycles. The van der Waals surface area contributed by atoms with Crippen molar-refractivity contribution in [3.05, 3.63) is 57.1 Å². The van der Waals surface area contributed by atoms with Gasteiger partial charge in [-0.1, -0.05) is 29.3 Å². The van der Waals surface area contributed by atoms with Gasteiger partial charge in [0, 0.05) is 40.0 Å². The van der Waals surface area contributed by atoms with Gasteiger partial charge < -0.3 is 5.73 Å². The number of hydrogen-bond donors (Lipinski definition) is 1. The smallest absolute Gasteiger partial charge is 0.133 e. The summed E-state index contributed by atoms with van der Waals surface area (Å²) >= 11 is 12.3. The molecule has 100 valence electrons. The number of rotatable bonds is 3. The Balaban J connectivity index is 2.32. The number of aryl methyl sites for hydroxylation is 1. The lowest BCUT2D eigenvalue weighted by Gasteiger charge is -2.11. The van der Waals surface area contributed by atoms with E-state index in [9.17, 15) is 0 Å². The molecular weight excluding hydrogens is 281 g/mol. The molecule has 19 heavy (non-hydrogen) atoms. The van der Waals surface area contributed by atoms with E-state index in [1.807, 2.05) is 32.0 Å². The van der Waals surface area contributed by atoms with Crippen LogP contribution in [-0.2, 0) is 6.42 Å². The highest BCUT2D eigenvalue weighted by Gasteiger charge is 2.11. The van der Waals surface area contributed by atoms with Gasteiger partial charge in [-0.2, -0.15) is 0 Å². The van der Waals surface area contributed by atoms with Crippen molar-refractivity contribution >= 4 is 23.2 Å². The zero-order valence-corrected chi connectivity index (χ0v) is 12.3. The molecule has 0 saturated heterocycles. The van der Waals surface area contributed by atoms with Crippen molar-refractivity contribution in [1.82, 2.24) is 9.97 Å². The van der Waals surface area contributed by atoms with Crippen molar-refractivity contribution in [2.45, 2.75) is 26.3 Å². The fourth-order valence-corrected chi connectivity index (χ4v) is 2.45. The number of halogens is 2. The van der Waals surface area contributed by atoms with Crippen molar-refractivity contribution in [2.75, 3.05) is 0 Å². The summed E-state index contributed by atoms with van der Waals surface area (Å²) in [5.74, 6) is 0.692. The van der Waals surface area contributed by atoms with Gasteiger partial charge in [-0.15, -0.1) is 0 Å². The summed E-state index contributed by atoms with van der Waals surface area (Å²) in [7, 11) is 0. The second-order valence-electron chi connectivity index (χ2n) is 4.49. The predicted molar refractivity (Wildman–Crippen MR) is 78.6 cm³/mol. The Hall–Kier alpha value is -1.16. The van der Waals surface area contributed by atoms with Gasteiger partial charge in [0.25, 0.3) is 0 Å². The molecule has 2 N–H and O–H groups in total. The maximum absolute atomic E-state index is 6.14. The summed E-state index contributed by atoms with van der Waals surface area (Å²) in [4.78, 5) is 8.79. The second-order valence-corrected chi connectivity index (χ2v) is 5.31. The van der Waals surface area contributed by atoms with Gasteiger partial charge in [-0.3, -0.25) is 0 Å². The lowest BCUT2D eigenvalue weighted by Crippen LogP contribution is -2.10. The van der Waals surface area contributed by atoms with Crippen molar-refractivity contribution in [3.8, 4) is 0 Å². The molecule has 1 heterocycles. The van der Waals surface area contributed by atoms with Crippen LogP contribution in [0.4, 0.5) is 0 Å². The zero-order chi connectivity index (χ0) is 14.0. The number of nitrogens with two attached hydrogens (primary N) is 1. The zero-order valence-electron chi connectivity index (χ0n) is 10.8. The van der Waals surface area contributed by atoms with Crippen LogP contribution in [-0.4, -0.2) is 9.97 Å². The van der Waals surface area contributed by atoms with Crippen LogP contribution in [0.2, 0.25) is 10.0 Å². The Kier molecular flexibility index (Phi) is 4.40. The molecule has 0 bridgehead atoms. The first-order valence-corrected chi connectivity index (χ1v) is 6.75. The van der Waals surface area contributed by atoms with E-state index in [-0.39, 0.29) is 6.04 Å². The minimum absolute atomic E-state index is 0.0713. The Morgan fingerprint density at radius 2 is 1.89 bits per heavy atom. The minimum Gasteiger partial charge on any atom is -0.324 e. The Labute approximate surface area is 122 Å². The fourth-order valence-electron chi connectivity index (χ4n) is 1.92. The first-order valence-electron chi connectivity index (χ1n) is 6.00. The van der Waals surface area contributed by atoms with Crippen molar-refractivity contribution in [3.63, 3.8) is 0 Å². The molecule has 2 rings (SSSR count). The van der Waals surface area contributed by atoms with Crippen LogP contribution in [0.25, 0.3) is 0 Å². The van der Waals surface area contributed by atoms with Gasteiger partial charge in [0.05, 0.1) is 0 Å². The molecule has 5 heteroatoms. The molecular formula is C14H15Cl2N3. The van der Waals surface area contributed by atoms with Crippen LogP contribution in [0.15, 0.2) is 24.4 Å². The lowest BCUT2D eigenvalue weighted by molar-refractivity contribution is 0.777. The molecule has 0 aliphatic rings. The van der Waals surface area contributed by atoms with E-state index < -0.39 is 0 Å². The maximum Gasteiger partial charge on any atom is 0.133 e. The molecule has 0 fully saturated rings. The topological polar surface area (TPSA) is 51.8 Å². The molecule has 0 saturated carbocycles. The molecule has 0 aliphatic heterocycles. The molecule has 1 aromatic heterocycles.